The van der Waals surface area contributed by atoms with E-state index in [2.05, 4.69) is 36.5 Å². The second kappa shape index (κ2) is 4.84. The maximum absolute atomic E-state index is 10.6. The Labute approximate surface area is 111 Å². The molecule has 94 valence electrons. The first-order chi connectivity index (χ1) is 8.75. The van der Waals surface area contributed by atoms with Crippen molar-refractivity contribution in [2.75, 3.05) is 6.54 Å². The number of aryl methyl sites for hydroxylation is 1. The number of benzene rings is 1. The predicted molar refractivity (Wildman–Crippen MR) is 74.9 cm³/mol. The van der Waals surface area contributed by atoms with Crippen molar-refractivity contribution in [1.29, 1.82) is 0 Å². The van der Waals surface area contributed by atoms with Gasteiger partial charge in [0.05, 0.1) is 6.04 Å². The van der Waals surface area contributed by atoms with Crippen molar-refractivity contribution in [1.82, 2.24) is 5.32 Å². The molecule has 2 N–H and O–H groups in total. The number of rotatable bonds is 2. The van der Waals surface area contributed by atoms with Gasteiger partial charge >= 0.3 is 0 Å². The van der Waals surface area contributed by atoms with E-state index in [0.29, 0.717) is 0 Å². The molecule has 0 amide bonds. The zero-order valence-corrected chi connectivity index (χ0v) is 11.2. The summed E-state index contributed by atoms with van der Waals surface area (Å²) < 4.78 is 0. The number of hydrogen-bond donors (Lipinski definition) is 2. The van der Waals surface area contributed by atoms with Crippen LogP contribution in [0.4, 0.5) is 0 Å². The molecule has 2 aromatic rings. The van der Waals surface area contributed by atoms with Crippen LogP contribution in [-0.4, -0.2) is 11.7 Å². The van der Waals surface area contributed by atoms with Crippen molar-refractivity contribution in [2.45, 2.75) is 25.5 Å². The third-order valence-corrected chi connectivity index (χ3v) is 4.59. The normalized spacial score (nSPS) is 20.4. The quantitative estimate of drug-likeness (QED) is 0.869. The number of thiophene rings is 1. The third kappa shape index (κ3) is 2.09. The maximum atomic E-state index is 10.6. The molecule has 2 heterocycles. The van der Waals surface area contributed by atoms with Gasteiger partial charge in [-0.15, -0.1) is 11.3 Å². The molecule has 1 aromatic carbocycles. The lowest BCUT2D eigenvalue weighted by Crippen LogP contribution is -2.33. The number of hydrogen-bond acceptors (Lipinski definition) is 3. The second-order valence-electron chi connectivity index (χ2n) is 4.77. The van der Waals surface area contributed by atoms with Crippen molar-refractivity contribution in [3.8, 4) is 0 Å². The average Bonchev–Trinajstić information content (AvgIpc) is 2.84. The Morgan fingerprint density at radius 2 is 2.11 bits per heavy atom. The van der Waals surface area contributed by atoms with Gasteiger partial charge < -0.3 is 10.4 Å². The summed E-state index contributed by atoms with van der Waals surface area (Å²) in [4.78, 5) is 2.29. The molecule has 0 aliphatic carbocycles. The Balaban J connectivity index is 1.94. The number of fused-ring (bicyclic) bond motifs is 1. The minimum atomic E-state index is -0.454. The van der Waals surface area contributed by atoms with E-state index in [0.717, 1.165) is 17.8 Å². The topological polar surface area (TPSA) is 32.3 Å². The van der Waals surface area contributed by atoms with Crippen molar-refractivity contribution in [2.24, 2.45) is 0 Å². The minimum absolute atomic E-state index is 0.0213. The highest BCUT2D eigenvalue weighted by Gasteiger charge is 2.27. The molecule has 1 aliphatic rings. The molecule has 3 rings (SSSR count). The fourth-order valence-corrected chi connectivity index (χ4v) is 3.50. The monoisotopic (exact) mass is 259 g/mol. The van der Waals surface area contributed by atoms with Gasteiger partial charge in [-0.3, -0.25) is 0 Å². The molecule has 2 nitrogen and oxygen atoms in total. The molecule has 2 unspecified atom stereocenters. The van der Waals surface area contributed by atoms with Crippen molar-refractivity contribution >= 4 is 11.3 Å². The molecule has 0 saturated heterocycles. The molecule has 0 saturated carbocycles. The number of aliphatic hydroxyl groups is 1. The fraction of sp³-hybridized carbons (Fsp3) is 0.333. The van der Waals surface area contributed by atoms with E-state index in [4.69, 9.17) is 0 Å². The van der Waals surface area contributed by atoms with Crippen LogP contribution in [0, 0.1) is 6.92 Å². The average molecular weight is 259 g/mol. The highest BCUT2D eigenvalue weighted by Crippen LogP contribution is 2.35. The fourth-order valence-electron chi connectivity index (χ4n) is 2.60. The van der Waals surface area contributed by atoms with Crippen molar-refractivity contribution in [3.05, 3.63) is 57.3 Å². The molecular weight excluding hydrogens is 242 g/mol. The van der Waals surface area contributed by atoms with E-state index in [-0.39, 0.29) is 6.04 Å². The van der Waals surface area contributed by atoms with Gasteiger partial charge in [-0.1, -0.05) is 24.3 Å². The van der Waals surface area contributed by atoms with E-state index in [1.165, 1.54) is 16.0 Å². The Morgan fingerprint density at radius 3 is 2.89 bits per heavy atom. The largest absolute Gasteiger partial charge is 0.386 e. The van der Waals surface area contributed by atoms with Crippen molar-refractivity contribution in [3.63, 3.8) is 0 Å². The molecule has 0 radical (unpaired) electrons. The molecule has 2 atom stereocenters. The summed E-state index contributed by atoms with van der Waals surface area (Å²) in [6, 6.07) is 12.5. The Kier molecular flexibility index (Phi) is 3.20. The SMILES string of the molecule is Cc1ccc(C(O)C2NCCc3ccccc32)s1. The van der Waals surface area contributed by atoms with Crippen LogP contribution < -0.4 is 5.32 Å². The molecule has 3 heteroatoms. The summed E-state index contributed by atoms with van der Waals surface area (Å²) in [6.07, 6.45) is 0.591. The highest BCUT2D eigenvalue weighted by molar-refractivity contribution is 7.12. The molecule has 0 bridgehead atoms. The van der Waals surface area contributed by atoms with Gasteiger partial charge in [0.2, 0.25) is 0 Å². The summed E-state index contributed by atoms with van der Waals surface area (Å²) in [5.74, 6) is 0. The van der Waals surface area contributed by atoms with Gasteiger partial charge in [0.1, 0.15) is 6.10 Å². The smallest absolute Gasteiger partial charge is 0.108 e. The van der Waals surface area contributed by atoms with Gasteiger partial charge in [-0.25, -0.2) is 0 Å². The second-order valence-corrected chi connectivity index (χ2v) is 6.09. The molecule has 1 aliphatic heterocycles. The predicted octanol–water partition coefficient (Wildman–Crippen LogP) is 2.98. The minimum Gasteiger partial charge on any atom is -0.386 e. The maximum Gasteiger partial charge on any atom is 0.108 e. The van der Waals surface area contributed by atoms with Gasteiger partial charge in [0, 0.05) is 9.75 Å². The van der Waals surface area contributed by atoms with Crippen molar-refractivity contribution < 1.29 is 5.11 Å². The summed E-state index contributed by atoms with van der Waals surface area (Å²) in [6.45, 7) is 3.01. The van der Waals surface area contributed by atoms with E-state index < -0.39 is 6.10 Å². The number of aliphatic hydroxyl groups excluding tert-OH is 1. The van der Waals surface area contributed by atoms with Crippen LogP contribution in [0.25, 0.3) is 0 Å². The molecule has 18 heavy (non-hydrogen) atoms. The van der Waals surface area contributed by atoms with Gasteiger partial charge in [-0.2, -0.15) is 0 Å². The summed E-state index contributed by atoms with van der Waals surface area (Å²) in [7, 11) is 0. The zero-order chi connectivity index (χ0) is 12.5. The van der Waals surface area contributed by atoms with E-state index in [9.17, 15) is 5.11 Å². The van der Waals surface area contributed by atoms with E-state index in [1.54, 1.807) is 11.3 Å². The first-order valence-electron chi connectivity index (χ1n) is 6.31. The van der Waals surface area contributed by atoms with Crippen LogP contribution in [0.5, 0.6) is 0 Å². The summed E-state index contributed by atoms with van der Waals surface area (Å²) >= 11 is 1.67. The van der Waals surface area contributed by atoms with E-state index in [1.807, 2.05) is 12.1 Å². The molecular formula is C15H17NOS. The van der Waals surface area contributed by atoms with Crippen LogP contribution in [-0.2, 0) is 6.42 Å². The number of nitrogens with one attached hydrogen (secondary N) is 1. The van der Waals surface area contributed by atoms with Crippen LogP contribution in [0.15, 0.2) is 36.4 Å². The van der Waals surface area contributed by atoms with Crippen LogP contribution in [0.3, 0.4) is 0 Å². The zero-order valence-electron chi connectivity index (χ0n) is 10.4. The highest BCUT2D eigenvalue weighted by atomic mass is 32.1. The molecule has 0 spiro atoms. The molecule has 0 fully saturated rings. The first kappa shape index (κ1) is 11.9. The van der Waals surface area contributed by atoms with Crippen LogP contribution in [0.1, 0.15) is 33.0 Å². The lowest BCUT2D eigenvalue weighted by molar-refractivity contribution is 0.129. The summed E-state index contributed by atoms with van der Waals surface area (Å²) in [5.41, 5.74) is 2.59. The molecule has 1 aromatic heterocycles. The van der Waals surface area contributed by atoms with Gasteiger partial charge in [0.25, 0.3) is 0 Å². The van der Waals surface area contributed by atoms with Gasteiger partial charge in [-0.05, 0) is 43.1 Å². The Bertz CT molecular complexity index is 549. The van der Waals surface area contributed by atoms with E-state index >= 15 is 0 Å². The van der Waals surface area contributed by atoms with Crippen LogP contribution in [0.2, 0.25) is 0 Å². The first-order valence-corrected chi connectivity index (χ1v) is 7.13. The Hall–Kier alpha value is -1.16. The van der Waals surface area contributed by atoms with Gasteiger partial charge in [0.15, 0.2) is 0 Å². The lowest BCUT2D eigenvalue weighted by Gasteiger charge is -2.30. The standard InChI is InChI=1S/C15H17NOS/c1-10-6-7-13(18-10)15(17)14-12-5-3-2-4-11(12)8-9-16-14/h2-7,14-17H,8-9H2,1H3. The lowest BCUT2D eigenvalue weighted by atomic mass is 9.91. The summed E-state index contributed by atoms with van der Waals surface area (Å²) in [5, 5.41) is 14.0. The van der Waals surface area contributed by atoms with Crippen LogP contribution >= 0.6 is 11.3 Å². The third-order valence-electron chi connectivity index (χ3n) is 3.52. The Morgan fingerprint density at radius 1 is 1.28 bits per heavy atom.